The number of hydrogen-bond acceptors (Lipinski definition) is 3. The largest absolute Gasteiger partial charge is 0.324 e. The highest BCUT2D eigenvalue weighted by Gasteiger charge is 2.33. The Labute approximate surface area is 115 Å². The highest BCUT2D eigenvalue weighted by atomic mass is 15.2. The molecule has 1 aliphatic heterocycles. The lowest BCUT2D eigenvalue weighted by atomic mass is 9.89. The number of fused-ring (bicyclic) bond motifs is 1. The summed E-state index contributed by atoms with van der Waals surface area (Å²) in [5, 5.41) is 7.89. The van der Waals surface area contributed by atoms with Crippen molar-refractivity contribution in [3.05, 3.63) is 17.0 Å². The molecule has 2 aliphatic rings. The quantitative estimate of drug-likeness (QED) is 0.880. The van der Waals surface area contributed by atoms with Crippen LogP contribution in [0, 0.1) is 5.92 Å². The summed E-state index contributed by atoms with van der Waals surface area (Å²) in [6, 6.07) is 0.686. The number of nitrogens with one attached hydrogen (secondary N) is 1. The van der Waals surface area contributed by atoms with E-state index in [2.05, 4.69) is 28.9 Å². The van der Waals surface area contributed by atoms with Gasteiger partial charge in [0.15, 0.2) is 0 Å². The predicted molar refractivity (Wildman–Crippen MR) is 76.8 cm³/mol. The Bertz CT molecular complexity index is 437. The van der Waals surface area contributed by atoms with Crippen LogP contribution in [0.5, 0.6) is 0 Å². The summed E-state index contributed by atoms with van der Waals surface area (Å²) in [5.74, 6) is 0.712. The number of aryl methyl sites for hydroxylation is 1. The summed E-state index contributed by atoms with van der Waals surface area (Å²) >= 11 is 0. The van der Waals surface area contributed by atoms with Crippen molar-refractivity contribution in [1.29, 1.82) is 0 Å². The first-order valence-electron chi connectivity index (χ1n) is 7.73. The molecule has 1 saturated heterocycles. The number of hydrogen-bond donors (Lipinski definition) is 2. The van der Waals surface area contributed by atoms with E-state index in [-0.39, 0.29) is 6.04 Å². The third kappa shape index (κ3) is 2.43. The Morgan fingerprint density at radius 1 is 1.37 bits per heavy atom. The number of aromatic nitrogens is 2. The zero-order chi connectivity index (χ0) is 13.4. The van der Waals surface area contributed by atoms with Gasteiger partial charge in [-0.1, -0.05) is 13.8 Å². The lowest BCUT2D eigenvalue weighted by molar-refractivity contribution is 0.224. The molecule has 0 aromatic carbocycles. The first-order valence-corrected chi connectivity index (χ1v) is 7.73. The van der Waals surface area contributed by atoms with Crippen LogP contribution in [-0.2, 0) is 6.42 Å². The SMILES string of the molecule is CC(C)CN1CCC[C@H]1c1n[nH]c2c1[C@@H](N)CCC2. The molecule has 3 N–H and O–H groups in total. The van der Waals surface area contributed by atoms with Gasteiger partial charge in [-0.3, -0.25) is 10.00 Å². The number of likely N-dealkylation sites (tertiary alicyclic amines) is 1. The lowest BCUT2D eigenvalue weighted by Crippen LogP contribution is -2.29. The summed E-state index contributed by atoms with van der Waals surface area (Å²) in [5.41, 5.74) is 10.2. The fourth-order valence-electron chi connectivity index (χ4n) is 3.73. The average Bonchev–Trinajstić information content (AvgIpc) is 2.95. The summed E-state index contributed by atoms with van der Waals surface area (Å²) in [4.78, 5) is 2.60. The van der Waals surface area contributed by atoms with E-state index in [0.717, 1.165) is 12.8 Å². The molecule has 2 heterocycles. The molecular weight excluding hydrogens is 236 g/mol. The molecule has 1 fully saturated rings. The smallest absolute Gasteiger partial charge is 0.0844 e. The molecule has 0 spiro atoms. The topological polar surface area (TPSA) is 57.9 Å². The molecule has 4 heteroatoms. The van der Waals surface area contributed by atoms with Crippen molar-refractivity contribution in [3.63, 3.8) is 0 Å². The van der Waals surface area contributed by atoms with Crippen LogP contribution in [0.3, 0.4) is 0 Å². The highest BCUT2D eigenvalue weighted by Crippen LogP contribution is 2.38. The van der Waals surface area contributed by atoms with Crippen LogP contribution in [-0.4, -0.2) is 28.2 Å². The summed E-state index contributed by atoms with van der Waals surface area (Å²) in [6.45, 7) is 6.96. The van der Waals surface area contributed by atoms with Crippen LogP contribution in [0.1, 0.15) is 68.6 Å². The molecule has 2 atom stereocenters. The van der Waals surface area contributed by atoms with Crippen molar-refractivity contribution in [1.82, 2.24) is 15.1 Å². The van der Waals surface area contributed by atoms with Gasteiger partial charge in [-0.05, 0) is 44.6 Å². The second kappa shape index (κ2) is 5.25. The second-order valence-electron chi connectivity index (χ2n) is 6.55. The van der Waals surface area contributed by atoms with E-state index in [1.54, 1.807) is 0 Å². The fourth-order valence-corrected chi connectivity index (χ4v) is 3.73. The molecule has 19 heavy (non-hydrogen) atoms. The minimum atomic E-state index is 0.194. The first kappa shape index (κ1) is 13.1. The molecule has 0 bridgehead atoms. The van der Waals surface area contributed by atoms with Crippen LogP contribution < -0.4 is 5.73 Å². The number of H-pyrrole nitrogens is 1. The van der Waals surface area contributed by atoms with Gasteiger partial charge >= 0.3 is 0 Å². The molecule has 106 valence electrons. The van der Waals surface area contributed by atoms with Crippen molar-refractivity contribution < 1.29 is 0 Å². The summed E-state index contributed by atoms with van der Waals surface area (Å²) in [7, 11) is 0. The fraction of sp³-hybridized carbons (Fsp3) is 0.800. The van der Waals surface area contributed by atoms with Crippen molar-refractivity contribution in [3.8, 4) is 0 Å². The Kier molecular flexibility index (Phi) is 3.63. The maximum atomic E-state index is 6.33. The van der Waals surface area contributed by atoms with Gasteiger partial charge in [-0.2, -0.15) is 5.10 Å². The molecule has 0 radical (unpaired) electrons. The maximum Gasteiger partial charge on any atom is 0.0844 e. The monoisotopic (exact) mass is 262 g/mol. The van der Waals surface area contributed by atoms with Gasteiger partial charge in [0, 0.05) is 23.8 Å². The molecular formula is C15H26N4. The third-order valence-corrected chi connectivity index (χ3v) is 4.50. The van der Waals surface area contributed by atoms with Gasteiger partial charge in [-0.25, -0.2) is 0 Å². The molecule has 1 aromatic rings. The Balaban J connectivity index is 1.87. The number of nitrogens with zero attached hydrogens (tertiary/aromatic N) is 2. The molecule has 4 nitrogen and oxygen atoms in total. The van der Waals surface area contributed by atoms with Crippen LogP contribution >= 0.6 is 0 Å². The van der Waals surface area contributed by atoms with Crippen LogP contribution in [0.15, 0.2) is 0 Å². The number of aromatic amines is 1. The van der Waals surface area contributed by atoms with Gasteiger partial charge < -0.3 is 5.73 Å². The molecule has 3 rings (SSSR count). The van der Waals surface area contributed by atoms with E-state index in [1.165, 1.54) is 49.3 Å². The van der Waals surface area contributed by atoms with Gasteiger partial charge in [-0.15, -0.1) is 0 Å². The predicted octanol–water partition coefficient (Wildman–Crippen LogP) is 2.54. The van der Waals surface area contributed by atoms with Crippen molar-refractivity contribution >= 4 is 0 Å². The Morgan fingerprint density at radius 2 is 2.21 bits per heavy atom. The zero-order valence-electron chi connectivity index (χ0n) is 12.2. The zero-order valence-corrected chi connectivity index (χ0v) is 12.2. The highest BCUT2D eigenvalue weighted by molar-refractivity contribution is 5.33. The van der Waals surface area contributed by atoms with E-state index in [4.69, 9.17) is 5.73 Å². The normalized spacial score (nSPS) is 28.0. The Morgan fingerprint density at radius 3 is 3.00 bits per heavy atom. The Hall–Kier alpha value is -0.870. The summed E-state index contributed by atoms with van der Waals surface area (Å²) < 4.78 is 0. The van der Waals surface area contributed by atoms with E-state index >= 15 is 0 Å². The van der Waals surface area contributed by atoms with Crippen LogP contribution in [0.25, 0.3) is 0 Å². The summed E-state index contributed by atoms with van der Waals surface area (Å²) in [6.07, 6.45) is 5.94. The number of nitrogens with two attached hydrogens (primary N) is 1. The minimum Gasteiger partial charge on any atom is -0.324 e. The van der Waals surface area contributed by atoms with Crippen LogP contribution in [0.2, 0.25) is 0 Å². The van der Waals surface area contributed by atoms with Crippen molar-refractivity contribution in [2.75, 3.05) is 13.1 Å². The molecule has 0 amide bonds. The second-order valence-corrected chi connectivity index (χ2v) is 6.55. The molecule has 1 aromatic heterocycles. The average molecular weight is 262 g/mol. The van der Waals surface area contributed by atoms with Gasteiger partial charge in [0.05, 0.1) is 11.7 Å². The molecule has 0 saturated carbocycles. The van der Waals surface area contributed by atoms with Gasteiger partial charge in [0.2, 0.25) is 0 Å². The minimum absolute atomic E-state index is 0.194. The third-order valence-electron chi connectivity index (χ3n) is 4.50. The standard InChI is InChI=1S/C15H26N4/c1-10(2)9-19-8-4-7-13(19)15-14-11(16)5-3-6-12(14)17-18-15/h10-11,13H,3-9,16H2,1-2H3,(H,17,18)/t11-,13-/m0/s1. The van der Waals surface area contributed by atoms with E-state index < -0.39 is 0 Å². The van der Waals surface area contributed by atoms with E-state index in [9.17, 15) is 0 Å². The van der Waals surface area contributed by atoms with Gasteiger partial charge in [0.25, 0.3) is 0 Å². The van der Waals surface area contributed by atoms with E-state index in [1.807, 2.05) is 0 Å². The molecule has 1 aliphatic carbocycles. The van der Waals surface area contributed by atoms with Crippen LogP contribution in [0.4, 0.5) is 0 Å². The van der Waals surface area contributed by atoms with Gasteiger partial charge in [0.1, 0.15) is 0 Å². The van der Waals surface area contributed by atoms with Crippen molar-refractivity contribution in [2.45, 2.75) is 58.0 Å². The maximum absolute atomic E-state index is 6.33. The van der Waals surface area contributed by atoms with E-state index in [0.29, 0.717) is 12.0 Å². The number of rotatable bonds is 3. The molecule has 0 unspecified atom stereocenters. The van der Waals surface area contributed by atoms with Crippen molar-refractivity contribution in [2.24, 2.45) is 11.7 Å². The first-order chi connectivity index (χ1) is 9.16. The lowest BCUT2D eigenvalue weighted by Gasteiger charge is -2.27.